The Kier molecular flexibility index (Phi) is 3.67. The van der Waals surface area contributed by atoms with Crippen molar-refractivity contribution < 1.29 is 9.53 Å². The summed E-state index contributed by atoms with van der Waals surface area (Å²) >= 11 is 0. The van der Waals surface area contributed by atoms with Crippen LogP contribution in [0.3, 0.4) is 0 Å². The number of rotatable bonds is 5. The highest BCUT2D eigenvalue weighted by Crippen LogP contribution is 2.31. The van der Waals surface area contributed by atoms with E-state index in [0.29, 0.717) is 13.2 Å². The van der Waals surface area contributed by atoms with Gasteiger partial charge < -0.3 is 9.64 Å². The molecule has 1 saturated carbocycles. The van der Waals surface area contributed by atoms with E-state index in [1.165, 1.54) is 0 Å². The largest absolute Gasteiger partial charge is 0.494 e. The topological polar surface area (TPSA) is 29.5 Å². The molecule has 0 aliphatic heterocycles. The highest BCUT2D eigenvalue weighted by atomic mass is 16.5. The number of carbonyl (C=O) groups excluding carboxylic acids is 1. The molecule has 1 aliphatic carbocycles. The number of nitrogens with zero attached hydrogens (tertiary/aromatic N) is 1. The van der Waals surface area contributed by atoms with E-state index in [1.54, 1.807) is 4.90 Å². The molecule has 1 aromatic carbocycles. The first-order valence-electron chi connectivity index (χ1n) is 6.18. The standard InChI is InChI=1S/C14H19NO2/c1-3-17-13-7-5-4-6-12(13)10-15(2)14(16)11-8-9-11/h4-7,11H,3,8-10H2,1-2H3. The molecule has 0 bridgehead atoms. The van der Waals surface area contributed by atoms with Crippen molar-refractivity contribution in [1.29, 1.82) is 0 Å². The Hall–Kier alpha value is -1.51. The van der Waals surface area contributed by atoms with Gasteiger partial charge in [0.1, 0.15) is 5.75 Å². The number of hydrogen-bond donors (Lipinski definition) is 0. The lowest BCUT2D eigenvalue weighted by Gasteiger charge is -2.19. The van der Waals surface area contributed by atoms with Crippen molar-refractivity contribution in [2.45, 2.75) is 26.3 Å². The Balaban J connectivity index is 2.03. The first-order valence-corrected chi connectivity index (χ1v) is 6.18. The van der Waals surface area contributed by atoms with Crippen LogP contribution in [-0.2, 0) is 11.3 Å². The van der Waals surface area contributed by atoms with Crippen molar-refractivity contribution in [3.8, 4) is 5.75 Å². The summed E-state index contributed by atoms with van der Waals surface area (Å²) in [5, 5.41) is 0. The highest BCUT2D eigenvalue weighted by molar-refractivity contribution is 5.80. The average molecular weight is 233 g/mol. The zero-order chi connectivity index (χ0) is 12.3. The summed E-state index contributed by atoms with van der Waals surface area (Å²) < 4.78 is 5.56. The van der Waals surface area contributed by atoms with E-state index in [0.717, 1.165) is 24.2 Å². The monoisotopic (exact) mass is 233 g/mol. The van der Waals surface area contributed by atoms with E-state index in [4.69, 9.17) is 4.74 Å². The maximum Gasteiger partial charge on any atom is 0.225 e. The molecule has 3 nitrogen and oxygen atoms in total. The molecular weight excluding hydrogens is 214 g/mol. The molecule has 1 aliphatic rings. The summed E-state index contributed by atoms with van der Waals surface area (Å²) in [4.78, 5) is 13.7. The van der Waals surface area contributed by atoms with Gasteiger partial charge in [-0.1, -0.05) is 18.2 Å². The van der Waals surface area contributed by atoms with Gasteiger partial charge in [-0.3, -0.25) is 4.79 Å². The van der Waals surface area contributed by atoms with E-state index in [-0.39, 0.29) is 11.8 Å². The summed E-state index contributed by atoms with van der Waals surface area (Å²) in [7, 11) is 1.86. The Labute approximate surface area is 102 Å². The molecule has 3 heteroatoms. The number of ether oxygens (including phenoxy) is 1. The lowest BCUT2D eigenvalue weighted by Crippen LogP contribution is -2.27. The molecule has 0 unspecified atom stereocenters. The van der Waals surface area contributed by atoms with Gasteiger partial charge in [-0.05, 0) is 25.8 Å². The van der Waals surface area contributed by atoms with Gasteiger partial charge in [0.2, 0.25) is 5.91 Å². The minimum atomic E-state index is 0.260. The van der Waals surface area contributed by atoms with Crippen LogP contribution in [0, 0.1) is 5.92 Å². The van der Waals surface area contributed by atoms with Crippen LogP contribution in [-0.4, -0.2) is 24.5 Å². The number of carbonyl (C=O) groups is 1. The van der Waals surface area contributed by atoms with Gasteiger partial charge in [-0.15, -0.1) is 0 Å². The maximum absolute atomic E-state index is 11.9. The van der Waals surface area contributed by atoms with Crippen LogP contribution in [0.2, 0.25) is 0 Å². The average Bonchev–Trinajstić information content (AvgIpc) is 3.15. The number of para-hydroxylation sites is 1. The smallest absolute Gasteiger partial charge is 0.225 e. The molecule has 0 saturated heterocycles. The first-order chi connectivity index (χ1) is 8.22. The summed E-state index contributed by atoms with van der Waals surface area (Å²) in [6, 6.07) is 7.90. The van der Waals surface area contributed by atoms with Gasteiger partial charge >= 0.3 is 0 Å². The molecule has 92 valence electrons. The lowest BCUT2D eigenvalue weighted by atomic mass is 10.2. The van der Waals surface area contributed by atoms with Gasteiger partial charge in [0.15, 0.2) is 0 Å². The fourth-order valence-electron chi connectivity index (χ4n) is 1.91. The Morgan fingerprint density at radius 2 is 2.12 bits per heavy atom. The molecule has 2 rings (SSSR count). The number of amides is 1. The third-order valence-corrected chi connectivity index (χ3v) is 2.98. The second kappa shape index (κ2) is 5.21. The van der Waals surface area contributed by atoms with Gasteiger partial charge in [0, 0.05) is 25.1 Å². The molecule has 1 aromatic rings. The van der Waals surface area contributed by atoms with Crippen LogP contribution < -0.4 is 4.74 Å². The molecule has 0 spiro atoms. The van der Waals surface area contributed by atoms with E-state index >= 15 is 0 Å². The SMILES string of the molecule is CCOc1ccccc1CN(C)C(=O)C1CC1. The van der Waals surface area contributed by atoms with Crippen LogP contribution >= 0.6 is 0 Å². The Morgan fingerprint density at radius 1 is 1.41 bits per heavy atom. The minimum Gasteiger partial charge on any atom is -0.494 e. The molecule has 0 atom stereocenters. The number of benzene rings is 1. The van der Waals surface area contributed by atoms with Crippen LogP contribution in [0.4, 0.5) is 0 Å². The summed E-state index contributed by atoms with van der Waals surface area (Å²) in [5.41, 5.74) is 1.07. The Morgan fingerprint density at radius 3 is 2.76 bits per heavy atom. The molecule has 1 amide bonds. The van der Waals surface area contributed by atoms with Crippen molar-refractivity contribution in [1.82, 2.24) is 4.90 Å². The maximum atomic E-state index is 11.9. The quantitative estimate of drug-likeness (QED) is 0.781. The molecule has 1 fully saturated rings. The second-order valence-corrected chi connectivity index (χ2v) is 4.51. The lowest BCUT2D eigenvalue weighted by molar-refractivity contribution is -0.131. The normalized spacial score (nSPS) is 14.5. The molecule has 0 aromatic heterocycles. The zero-order valence-electron chi connectivity index (χ0n) is 10.5. The summed E-state index contributed by atoms with van der Waals surface area (Å²) in [6.45, 7) is 3.25. The Bertz CT molecular complexity index is 399. The molecule has 0 radical (unpaired) electrons. The first kappa shape index (κ1) is 12.0. The third-order valence-electron chi connectivity index (χ3n) is 2.98. The van der Waals surface area contributed by atoms with Crippen LogP contribution in [0.5, 0.6) is 5.75 Å². The van der Waals surface area contributed by atoms with Crippen molar-refractivity contribution in [3.63, 3.8) is 0 Å². The summed E-state index contributed by atoms with van der Waals surface area (Å²) in [5.74, 6) is 1.42. The summed E-state index contributed by atoms with van der Waals surface area (Å²) in [6.07, 6.45) is 2.10. The molecular formula is C14H19NO2. The van der Waals surface area contributed by atoms with Crippen LogP contribution in [0.15, 0.2) is 24.3 Å². The van der Waals surface area contributed by atoms with Crippen molar-refractivity contribution in [3.05, 3.63) is 29.8 Å². The predicted molar refractivity (Wildman–Crippen MR) is 66.8 cm³/mol. The van der Waals surface area contributed by atoms with Crippen LogP contribution in [0.25, 0.3) is 0 Å². The van der Waals surface area contributed by atoms with Gasteiger partial charge in [0.25, 0.3) is 0 Å². The van der Waals surface area contributed by atoms with E-state index in [9.17, 15) is 4.79 Å². The zero-order valence-corrected chi connectivity index (χ0v) is 10.5. The minimum absolute atomic E-state index is 0.260. The van der Waals surface area contributed by atoms with Gasteiger partial charge in [-0.25, -0.2) is 0 Å². The van der Waals surface area contributed by atoms with Crippen molar-refractivity contribution in [2.24, 2.45) is 5.92 Å². The van der Waals surface area contributed by atoms with Crippen LogP contribution in [0.1, 0.15) is 25.3 Å². The second-order valence-electron chi connectivity index (χ2n) is 4.51. The number of hydrogen-bond acceptors (Lipinski definition) is 2. The van der Waals surface area contributed by atoms with Gasteiger partial charge in [-0.2, -0.15) is 0 Å². The van der Waals surface area contributed by atoms with Gasteiger partial charge in [0.05, 0.1) is 6.61 Å². The molecule has 0 N–H and O–H groups in total. The fraction of sp³-hybridized carbons (Fsp3) is 0.500. The van der Waals surface area contributed by atoms with Crippen molar-refractivity contribution >= 4 is 5.91 Å². The van der Waals surface area contributed by atoms with E-state index < -0.39 is 0 Å². The molecule has 0 heterocycles. The predicted octanol–water partition coefficient (Wildman–Crippen LogP) is 2.45. The highest BCUT2D eigenvalue weighted by Gasteiger charge is 2.32. The fourth-order valence-corrected chi connectivity index (χ4v) is 1.91. The third kappa shape index (κ3) is 2.99. The molecule has 17 heavy (non-hydrogen) atoms. The van der Waals surface area contributed by atoms with E-state index in [1.807, 2.05) is 38.2 Å². The van der Waals surface area contributed by atoms with E-state index in [2.05, 4.69) is 0 Å². The van der Waals surface area contributed by atoms with Crippen molar-refractivity contribution in [2.75, 3.05) is 13.7 Å².